The van der Waals surface area contributed by atoms with Crippen molar-refractivity contribution >= 4 is 5.91 Å². The molecule has 0 atom stereocenters. The highest BCUT2D eigenvalue weighted by Crippen LogP contribution is 2.17. The quantitative estimate of drug-likeness (QED) is 0.896. The molecule has 1 aromatic rings. The largest absolute Gasteiger partial charge is 0.348 e. The summed E-state index contributed by atoms with van der Waals surface area (Å²) in [6.07, 6.45) is 5.60. The molecule has 2 N–H and O–H groups in total. The molecular formula is C16H27N5O. The van der Waals surface area contributed by atoms with Crippen LogP contribution < -0.4 is 10.8 Å². The molecule has 0 bridgehead atoms. The van der Waals surface area contributed by atoms with Gasteiger partial charge in [0, 0.05) is 18.0 Å². The molecule has 1 aliphatic rings. The van der Waals surface area contributed by atoms with Gasteiger partial charge in [-0.1, -0.05) is 33.1 Å². The molecule has 1 heterocycles. The molecule has 6 nitrogen and oxygen atoms in total. The molecule has 0 unspecified atom stereocenters. The predicted octanol–water partition coefficient (Wildman–Crippen LogP) is 2.52. The highest BCUT2D eigenvalue weighted by Gasteiger charge is 2.21. The standard InChI is InChI=1S/C16H27N5O/c1-10(2)15-19-13(14(17)21(20-15)11(3)4)16(22)18-12-8-6-5-7-9-12/h10-12,17H,5-9H2,1-4H3,(H,18,22). The zero-order chi connectivity index (χ0) is 16.3. The molecule has 1 fully saturated rings. The Morgan fingerprint density at radius 2 is 1.86 bits per heavy atom. The lowest BCUT2D eigenvalue weighted by Crippen LogP contribution is -2.42. The molecule has 1 amide bonds. The van der Waals surface area contributed by atoms with Gasteiger partial charge in [-0.3, -0.25) is 10.2 Å². The van der Waals surface area contributed by atoms with Gasteiger partial charge in [0.2, 0.25) is 0 Å². The summed E-state index contributed by atoms with van der Waals surface area (Å²) in [4.78, 5) is 16.9. The average Bonchev–Trinajstić information content (AvgIpc) is 2.47. The van der Waals surface area contributed by atoms with Crippen LogP contribution in [0, 0.1) is 5.41 Å². The first-order valence-corrected chi connectivity index (χ1v) is 8.26. The molecule has 0 spiro atoms. The Bertz CT molecular complexity index is 585. The minimum atomic E-state index is -0.240. The van der Waals surface area contributed by atoms with E-state index < -0.39 is 0 Å². The van der Waals surface area contributed by atoms with Crippen LogP contribution >= 0.6 is 0 Å². The van der Waals surface area contributed by atoms with E-state index in [1.54, 1.807) is 4.68 Å². The van der Waals surface area contributed by atoms with Crippen LogP contribution in [0.25, 0.3) is 0 Å². The summed E-state index contributed by atoms with van der Waals surface area (Å²) in [5, 5.41) is 15.7. The summed E-state index contributed by atoms with van der Waals surface area (Å²) in [7, 11) is 0. The summed E-state index contributed by atoms with van der Waals surface area (Å²) in [6.45, 7) is 7.90. The third kappa shape index (κ3) is 3.72. The number of rotatable bonds is 4. The van der Waals surface area contributed by atoms with Gasteiger partial charge in [-0.2, -0.15) is 5.10 Å². The fraction of sp³-hybridized carbons (Fsp3) is 0.750. The SMILES string of the molecule is CC(C)c1nc(C(=O)NC2CCCCC2)c(=N)n(C(C)C)n1. The number of carbonyl (C=O) groups excluding carboxylic acids is 1. The van der Waals surface area contributed by atoms with Crippen molar-refractivity contribution in [1.29, 1.82) is 5.41 Å². The summed E-state index contributed by atoms with van der Waals surface area (Å²) in [6, 6.07) is 0.236. The van der Waals surface area contributed by atoms with Gasteiger partial charge in [0.05, 0.1) is 0 Å². The lowest BCUT2D eigenvalue weighted by atomic mass is 9.95. The van der Waals surface area contributed by atoms with E-state index in [1.165, 1.54) is 6.42 Å². The lowest BCUT2D eigenvalue weighted by Gasteiger charge is -2.23. The maximum atomic E-state index is 12.5. The molecule has 6 heteroatoms. The Hall–Kier alpha value is -1.72. The summed E-state index contributed by atoms with van der Waals surface area (Å²) in [5.74, 6) is 0.487. The molecule has 22 heavy (non-hydrogen) atoms. The van der Waals surface area contributed by atoms with Crippen LogP contribution in [-0.2, 0) is 0 Å². The monoisotopic (exact) mass is 305 g/mol. The molecule has 0 radical (unpaired) electrons. The second-order valence-corrected chi connectivity index (χ2v) is 6.67. The number of hydrogen-bond donors (Lipinski definition) is 2. The number of nitrogens with zero attached hydrogens (tertiary/aromatic N) is 3. The van der Waals surface area contributed by atoms with Crippen LogP contribution in [0.2, 0.25) is 0 Å². The van der Waals surface area contributed by atoms with Gasteiger partial charge in [-0.25, -0.2) is 9.67 Å². The van der Waals surface area contributed by atoms with Crippen molar-refractivity contribution in [3.05, 3.63) is 17.0 Å². The molecule has 1 aromatic heterocycles. The number of amides is 1. The fourth-order valence-electron chi connectivity index (χ4n) is 2.74. The number of aromatic nitrogens is 3. The van der Waals surface area contributed by atoms with Gasteiger partial charge in [-0.05, 0) is 26.7 Å². The van der Waals surface area contributed by atoms with Crippen molar-refractivity contribution in [3.8, 4) is 0 Å². The van der Waals surface area contributed by atoms with E-state index in [0.29, 0.717) is 5.82 Å². The summed E-state index contributed by atoms with van der Waals surface area (Å²) in [5.41, 5.74) is 0.283. The highest BCUT2D eigenvalue weighted by molar-refractivity contribution is 5.91. The van der Waals surface area contributed by atoms with Crippen molar-refractivity contribution in [2.45, 2.75) is 77.8 Å². The predicted molar refractivity (Wildman–Crippen MR) is 84.7 cm³/mol. The highest BCUT2D eigenvalue weighted by atomic mass is 16.2. The van der Waals surface area contributed by atoms with Gasteiger partial charge in [0.25, 0.3) is 5.91 Å². The summed E-state index contributed by atoms with van der Waals surface area (Å²) < 4.78 is 1.58. The lowest BCUT2D eigenvalue weighted by molar-refractivity contribution is 0.0918. The smallest absolute Gasteiger partial charge is 0.274 e. The molecule has 2 rings (SSSR count). The van der Waals surface area contributed by atoms with Crippen LogP contribution in [0.1, 0.15) is 88.1 Å². The van der Waals surface area contributed by atoms with E-state index in [2.05, 4.69) is 15.4 Å². The average molecular weight is 305 g/mol. The molecule has 0 aliphatic heterocycles. The zero-order valence-corrected chi connectivity index (χ0v) is 14.0. The number of nitrogens with one attached hydrogen (secondary N) is 2. The molecular weight excluding hydrogens is 278 g/mol. The van der Waals surface area contributed by atoms with Crippen molar-refractivity contribution in [2.24, 2.45) is 0 Å². The van der Waals surface area contributed by atoms with E-state index in [0.717, 1.165) is 25.7 Å². The minimum Gasteiger partial charge on any atom is -0.348 e. The molecule has 1 saturated carbocycles. The first-order valence-electron chi connectivity index (χ1n) is 8.26. The third-order valence-electron chi connectivity index (χ3n) is 4.05. The van der Waals surface area contributed by atoms with Crippen LogP contribution in [0.3, 0.4) is 0 Å². The molecule has 0 aromatic carbocycles. The number of carbonyl (C=O) groups is 1. The maximum Gasteiger partial charge on any atom is 0.274 e. The second-order valence-electron chi connectivity index (χ2n) is 6.67. The minimum absolute atomic E-state index is 0.0224. The Morgan fingerprint density at radius 3 is 2.41 bits per heavy atom. The Balaban J connectivity index is 2.31. The van der Waals surface area contributed by atoms with Gasteiger partial charge < -0.3 is 5.32 Å². The normalized spacial score (nSPS) is 16.3. The summed E-state index contributed by atoms with van der Waals surface area (Å²) >= 11 is 0. The van der Waals surface area contributed by atoms with Gasteiger partial charge in [-0.15, -0.1) is 0 Å². The van der Waals surface area contributed by atoms with Crippen molar-refractivity contribution in [3.63, 3.8) is 0 Å². The Kier molecular flexibility index (Phi) is 5.32. The van der Waals surface area contributed by atoms with Crippen LogP contribution in [0.5, 0.6) is 0 Å². The Morgan fingerprint density at radius 1 is 1.23 bits per heavy atom. The van der Waals surface area contributed by atoms with Crippen molar-refractivity contribution in [1.82, 2.24) is 20.1 Å². The van der Waals surface area contributed by atoms with E-state index in [9.17, 15) is 4.79 Å². The molecule has 122 valence electrons. The first kappa shape index (κ1) is 16.6. The van der Waals surface area contributed by atoms with Crippen LogP contribution in [0.4, 0.5) is 0 Å². The zero-order valence-electron chi connectivity index (χ0n) is 14.0. The fourth-order valence-corrected chi connectivity index (χ4v) is 2.74. The first-order chi connectivity index (χ1) is 10.4. The molecule has 1 aliphatic carbocycles. The van der Waals surface area contributed by atoms with E-state index in [1.807, 2.05) is 27.7 Å². The van der Waals surface area contributed by atoms with Gasteiger partial charge in [0.15, 0.2) is 17.0 Å². The number of hydrogen-bond acceptors (Lipinski definition) is 4. The van der Waals surface area contributed by atoms with Crippen molar-refractivity contribution < 1.29 is 4.79 Å². The van der Waals surface area contributed by atoms with Crippen LogP contribution in [0.15, 0.2) is 0 Å². The molecule has 0 saturated heterocycles. The van der Waals surface area contributed by atoms with E-state index in [-0.39, 0.29) is 35.1 Å². The maximum absolute atomic E-state index is 12.5. The van der Waals surface area contributed by atoms with E-state index >= 15 is 0 Å². The topological polar surface area (TPSA) is 83.7 Å². The van der Waals surface area contributed by atoms with Gasteiger partial charge >= 0.3 is 0 Å². The van der Waals surface area contributed by atoms with Gasteiger partial charge in [0.1, 0.15) is 0 Å². The van der Waals surface area contributed by atoms with Crippen LogP contribution in [-0.4, -0.2) is 26.7 Å². The van der Waals surface area contributed by atoms with Crippen molar-refractivity contribution in [2.75, 3.05) is 0 Å². The second kappa shape index (κ2) is 7.03. The third-order valence-corrected chi connectivity index (χ3v) is 4.05. The Labute approximate surface area is 131 Å². The van der Waals surface area contributed by atoms with E-state index in [4.69, 9.17) is 5.41 Å².